The smallest absolute Gasteiger partial charge is 0.325 e. The predicted molar refractivity (Wildman–Crippen MR) is 92.3 cm³/mol. The van der Waals surface area contributed by atoms with Gasteiger partial charge in [0.25, 0.3) is 0 Å². The van der Waals surface area contributed by atoms with Crippen LogP contribution in [0.4, 0.5) is 0 Å². The van der Waals surface area contributed by atoms with E-state index in [-0.39, 0.29) is 0 Å². The summed E-state index contributed by atoms with van der Waals surface area (Å²) in [6.45, 7) is 6.38. The van der Waals surface area contributed by atoms with Crippen LogP contribution in [0, 0.1) is 20.8 Å². The monoisotopic (exact) mass is 331 g/mol. The highest BCUT2D eigenvalue weighted by molar-refractivity contribution is 5.75. The molecule has 1 heterocycles. The van der Waals surface area contributed by atoms with Crippen molar-refractivity contribution in [2.24, 2.45) is 7.05 Å². The van der Waals surface area contributed by atoms with E-state index < -0.39 is 12.0 Å². The van der Waals surface area contributed by atoms with Crippen LogP contribution in [0.1, 0.15) is 34.1 Å². The van der Waals surface area contributed by atoms with Crippen LogP contribution in [-0.4, -0.2) is 39.9 Å². The van der Waals surface area contributed by atoms with Gasteiger partial charge in [-0.2, -0.15) is 5.10 Å². The highest BCUT2D eigenvalue weighted by atomic mass is 16.5. The number of ether oxygens (including phenoxy) is 1. The summed E-state index contributed by atoms with van der Waals surface area (Å²) >= 11 is 0. The van der Waals surface area contributed by atoms with Crippen molar-refractivity contribution in [3.63, 3.8) is 0 Å². The van der Waals surface area contributed by atoms with E-state index in [4.69, 9.17) is 4.74 Å². The molecule has 0 amide bonds. The summed E-state index contributed by atoms with van der Waals surface area (Å²) in [5, 5.41) is 14.1. The Morgan fingerprint density at radius 3 is 2.50 bits per heavy atom. The third-order valence-electron chi connectivity index (χ3n) is 4.48. The normalized spacial score (nSPS) is 12.5. The molecule has 1 aromatic heterocycles. The van der Waals surface area contributed by atoms with Crippen molar-refractivity contribution in [3.05, 3.63) is 46.3 Å². The van der Waals surface area contributed by atoms with E-state index in [0.717, 1.165) is 33.8 Å². The lowest BCUT2D eigenvalue weighted by Crippen LogP contribution is -2.31. The fourth-order valence-corrected chi connectivity index (χ4v) is 3.04. The fourth-order valence-electron chi connectivity index (χ4n) is 3.04. The van der Waals surface area contributed by atoms with Crippen LogP contribution in [0.25, 0.3) is 0 Å². The fraction of sp³-hybridized carbons (Fsp3) is 0.444. The summed E-state index contributed by atoms with van der Waals surface area (Å²) in [5.41, 5.74) is 4.70. The molecule has 2 rings (SSSR count). The molecule has 0 aliphatic rings. The van der Waals surface area contributed by atoms with Crippen molar-refractivity contribution in [1.29, 1.82) is 0 Å². The zero-order valence-electron chi connectivity index (χ0n) is 15.1. The number of benzene rings is 1. The van der Waals surface area contributed by atoms with Gasteiger partial charge in [0.05, 0.1) is 12.8 Å². The van der Waals surface area contributed by atoms with Crippen molar-refractivity contribution in [2.45, 2.75) is 33.4 Å². The molecule has 0 bridgehead atoms. The van der Waals surface area contributed by atoms with Gasteiger partial charge in [0.15, 0.2) is 0 Å². The predicted octanol–water partition coefficient (Wildman–Crippen LogP) is 2.61. The highest BCUT2D eigenvalue weighted by Crippen LogP contribution is 2.27. The van der Waals surface area contributed by atoms with Crippen LogP contribution in [0.2, 0.25) is 0 Å². The summed E-state index contributed by atoms with van der Waals surface area (Å²) in [6, 6.07) is 4.77. The maximum Gasteiger partial charge on any atom is 0.325 e. The van der Waals surface area contributed by atoms with Gasteiger partial charge in [0, 0.05) is 24.8 Å². The second-order valence-corrected chi connectivity index (χ2v) is 6.16. The lowest BCUT2D eigenvalue weighted by atomic mass is 10.0. The highest BCUT2D eigenvalue weighted by Gasteiger charge is 2.26. The van der Waals surface area contributed by atoms with Gasteiger partial charge in [0.2, 0.25) is 0 Å². The van der Waals surface area contributed by atoms with Crippen LogP contribution in [-0.2, 0) is 18.4 Å². The molecule has 0 spiro atoms. The Bertz CT molecular complexity index is 752. The molecule has 0 saturated carbocycles. The van der Waals surface area contributed by atoms with Crippen LogP contribution in [0.5, 0.6) is 5.75 Å². The standard InChI is InChI=1S/C18H25N3O3/c1-11-9-14(7-8-16(11)24-6)17(18(22)23)20(4)10-15-12(2)19-21(5)13(15)3/h7-9,17H,10H2,1-6H3,(H,22,23). The van der Waals surface area contributed by atoms with E-state index in [1.165, 1.54) is 0 Å². The molecule has 1 unspecified atom stereocenters. The molecule has 0 aliphatic carbocycles. The molecule has 6 nitrogen and oxygen atoms in total. The first kappa shape index (κ1) is 18.0. The Morgan fingerprint density at radius 2 is 2.04 bits per heavy atom. The number of likely N-dealkylation sites (N-methyl/N-ethyl adjacent to an activating group) is 1. The Hall–Kier alpha value is -2.34. The van der Waals surface area contributed by atoms with Crippen LogP contribution >= 0.6 is 0 Å². The number of aliphatic carboxylic acids is 1. The number of carboxylic acid groups (broad SMARTS) is 1. The summed E-state index contributed by atoms with van der Waals surface area (Å²) < 4.78 is 7.08. The van der Waals surface area contributed by atoms with E-state index in [1.54, 1.807) is 7.11 Å². The second-order valence-electron chi connectivity index (χ2n) is 6.16. The Morgan fingerprint density at radius 1 is 1.38 bits per heavy atom. The van der Waals surface area contributed by atoms with E-state index in [1.807, 2.05) is 62.6 Å². The van der Waals surface area contributed by atoms with Gasteiger partial charge in [-0.3, -0.25) is 14.4 Å². The lowest BCUT2D eigenvalue weighted by molar-refractivity contribution is -0.143. The molecule has 6 heteroatoms. The van der Waals surface area contributed by atoms with Crippen LogP contribution in [0.15, 0.2) is 18.2 Å². The van der Waals surface area contributed by atoms with Gasteiger partial charge >= 0.3 is 5.97 Å². The largest absolute Gasteiger partial charge is 0.496 e. The maximum atomic E-state index is 11.9. The number of rotatable bonds is 6. The maximum absolute atomic E-state index is 11.9. The minimum Gasteiger partial charge on any atom is -0.496 e. The Kier molecular flexibility index (Phi) is 5.29. The Labute approximate surface area is 142 Å². The van der Waals surface area contributed by atoms with Crippen molar-refractivity contribution in [2.75, 3.05) is 14.2 Å². The van der Waals surface area contributed by atoms with Gasteiger partial charge < -0.3 is 9.84 Å². The lowest BCUT2D eigenvalue weighted by Gasteiger charge is -2.25. The molecule has 24 heavy (non-hydrogen) atoms. The van der Waals surface area contributed by atoms with Gasteiger partial charge in [-0.05, 0) is 45.0 Å². The second kappa shape index (κ2) is 7.05. The molecule has 0 saturated heterocycles. The van der Waals surface area contributed by atoms with Crippen molar-refractivity contribution < 1.29 is 14.6 Å². The number of aryl methyl sites for hydroxylation is 3. The number of aromatic nitrogens is 2. The van der Waals surface area contributed by atoms with Crippen molar-refractivity contribution >= 4 is 5.97 Å². The zero-order chi connectivity index (χ0) is 18.0. The molecule has 130 valence electrons. The summed E-state index contributed by atoms with van der Waals surface area (Å²) in [7, 11) is 5.33. The van der Waals surface area contributed by atoms with Gasteiger partial charge in [-0.15, -0.1) is 0 Å². The zero-order valence-corrected chi connectivity index (χ0v) is 15.1. The minimum atomic E-state index is -0.874. The third kappa shape index (κ3) is 3.43. The molecule has 1 atom stereocenters. The molecular weight excluding hydrogens is 306 g/mol. The van der Waals surface area contributed by atoms with E-state index >= 15 is 0 Å². The number of hydrogen-bond donors (Lipinski definition) is 1. The minimum absolute atomic E-state index is 0.521. The van der Waals surface area contributed by atoms with Crippen LogP contribution in [0.3, 0.4) is 0 Å². The quantitative estimate of drug-likeness (QED) is 0.881. The van der Waals surface area contributed by atoms with Gasteiger partial charge in [-0.1, -0.05) is 12.1 Å². The average Bonchev–Trinajstić information content (AvgIpc) is 2.74. The van der Waals surface area contributed by atoms with E-state index in [2.05, 4.69) is 5.10 Å². The first-order valence-electron chi connectivity index (χ1n) is 7.83. The summed E-state index contributed by atoms with van der Waals surface area (Å²) in [6.07, 6.45) is 0. The Balaban J connectivity index is 2.33. The molecular formula is C18H25N3O3. The van der Waals surface area contributed by atoms with E-state index in [0.29, 0.717) is 6.54 Å². The van der Waals surface area contributed by atoms with E-state index in [9.17, 15) is 9.90 Å². The number of methoxy groups -OCH3 is 1. The summed E-state index contributed by atoms with van der Waals surface area (Å²) in [4.78, 5) is 13.7. The SMILES string of the molecule is COc1ccc(C(C(=O)O)N(C)Cc2c(C)nn(C)c2C)cc1C. The van der Waals surface area contributed by atoms with Crippen LogP contribution < -0.4 is 4.74 Å². The number of carbonyl (C=O) groups is 1. The van der Waals surface area contributed by atoms with Gasteiger partial charge in [0.1, 0.15) is 11.8 Å². The molecule has 1 N–H and O–H groups in total. The molecule has 2 aromatic rings. The number of carboxylic acids is 1. The topological polar surface area (TPSA) is 67.6 Å². The first-order valence-corrected chi connectivity index (χ1v) is 7.83. The first-order chi connectivity index (χ1) is 11.3. The molecule has 1 aromatic carbocycles. The van der Waals surface area contributed by atoms with Gasteiger partial charge in [-0.25, -0.2) is 0 Å². The molecule has 0 radical (unpaired) electrons. The third-order valence-corrected chi connectivity index (χ3v) is 4.48. The molecule has 0 aliphatic heterocycles. The summed E-state index contributed by atoms with van der Waals surface area (Å²) in [5.74, 6) is -0.120. The van der Waals surface area contributed by atoms with Crippen molar-refractivity contribution in [1.82, 2.24) is 14.7 Å². The number of nitrogens with zero attached hydrogens (tertiary/aromatic N) is 3. The van der Waals surface area contributed by atoms with Crippen molar-refractivity contribution in [3.8, 4) is 5.75 Å². The average molecular weight is 331 g/mol. The molecule has 0 fully saturated rings. The number of hydrogen-bond acceptors (Lipinski definition) is 4.